The van der Waals surface area contributed by atoms with Crippen LogP contribution in [0.4, 0.5) is 8.78 Å². The Balaban J connectivity index is 2.90. The van der Waals surface area contributed by atoms with Crippen LogP contribution in [0, 0.1) is 11.6 Å². The summed E-state index contributed by atoms with van der Waals surface area (Å²) in [5.41, 5.74) is 0.0466. The number of hydrogen-bond donors (Lipinski definition) is 0. The highest BCUT2D eigenvalue weighted by molar-refractivity contribution is 5.96. The normalized spacial score (nSPS) is 10.4. The molecule has 0 heterocycles. The molecule has 0 atom stereocenters. The third-order valence-corrected chi connectivity index (χ3v) is 2.39. The zero-order chi connectivity index (χ0) is 12.8. The van der Waals surface area contributed by atoms with Gasteiger partial charge < -0.3 is 4.74 Å². The second-order valence-electron chi connectivity index (χ2n) is 3.75. The number of rotatable bonds is 6. The van der Waals surface area contributed by atoms with E-state index in [1.807, 2.05) is 6.92 Å². The van der Waals surface area contributed by atoms with Gasteiger partial charge in [0.15, 0.2) is 23.2 Å². The summed E-state index contributed by atoms with van der Waals surface area (Å²) in [4.78, 5) is 11.3. The summed E-state index contributed by atoms with van der Waals surface area (Å²) >= 11 is 0. The smallest absolute Gasteiger partial charge is 0.190 e. The maximum atomic E-state index is 13.5. The van der Waals surface area contributed by atoms with Crippen molar-refractivity contribution in [3.8, 4) is 5.75 Å². The van der Waals surface area contributed by atoms with Crippen molar-refractivity contribution in [2.24, 2.45) is 0 Å². The lowest BCUT2D eigenvalue weighted by molar-refractivity contribution is 0.0987. The molecule has 94 valence electrons. The van der Waals surface area contributed by atoms with E-state index in [0.29, 0.717) is 0 Å². The van der Waals surface area contributed by atoms with E-state index in [1.165, 1.54) is 0 Å². The summed E-state index contributed by atoms with van der Waals surface area (Å²) in [5, 5.41) is 0. The van der Waals surface area contributed by atoms with Crippen LogP contribution < -0.4 is 4.74 Å². The first kappa shape index (κ1) is 13.6. The fraction of sp³-hybridized carbons (Fsp3) is 0.462. The predicted octanol–water partition coefficient (Wildman–Crippen LogP) is 3.74. The molecule has 0 unspecified atom stereocenters. The molecule has 0 N–H and O–H groups in total. The maximum Gasteiger partial charge on any atom is 0.190 e. The van der Waals surface area contributed by atoms with Crippen LogP contribution in [0.1, 0.15) is 43.5 Å². The molecule has 4 heteroatoms. The number of benzene rings is 1. The zero-order valence-corrected chi connectivity index (χ0v) is 10.1. The summed E-state index contributed by atoms with van der Waals surface area (Å²) in [7, 11) is 0. The number of ether oxygens (including phenoxy) is 1. The van der Waals surface area contributed by atoms with E-state index in [-0.39, 0.29) is 24.4 Å². The molecule has 0 amide bonds. The topological polar surface area (TPSA) is 26.3 Å². The van der Waals surface area contributed by atoms with Crippen molar-refractivity contribution >= 4 is 5.78 Å². The van der Waals surface area contributed by atoms with Crippen molar-refractivity contribution in [3.05, 3.63) is 29.3 Å². The van der Waals surface area contributed by atoms with Crippen LogP contribution in [0.5, 0.6) is 5.75 Å². The molecule has 1 aromatic rings. The van der Waals surface area contributed by atoms with E-state index in [0.717, 1.165) is 25.0 Å². The Hall–Kier alpha value is -1.45. The summed E-state index contributed by atoms with van der Waals surface area (Å²) in [5.74, 6) is -2.33. The average Bonchev–Trinajstić information content (AvgIpc) is 2.31. The van der Waals surface area contributed by atoms with Gasteiger partial charge in [-0.3, -0.25) is 4.79 Å². The number of unbranched alkanes of at least 4 members (excludes halogenated alkanes) is 1. The zero-order valence-electron chi connectivity index (χ0n) is 10.1. The molecule has 0 aromatic heterocycles. The van der Waals surface area contributed by atoms with Crippen LogP contribution in [0.25, 0.3) is 0 Å². The van der Waals surface area contributed by atoms with Crippen LogP contribution in [0.3, 0.4) is 0 Å². The van der Waals surface area contributed by atoms with Crippen LogP contribution in [0.2, 0.25) is 0 Å². The molecular weight excluding hydrogens is 226 g/mol. The number of Topliss-reactive ketones (excluding diaryl/α,β-unsaturated/α-hetero) is 1. The Morgan fingerprint density at radius 3 is 2.29 bits per heavy atom. The standard InChI is InChI=1S/C13H16F2O2/c1-3-5-6-17-13-10(14)7-9(8-11(13)15)12(16)4-2/h7-8H,3-6H2,1-2H3. The molecule has 2 nitrogen and oxygen atoms in total. The fourth-order valence-electron chi connectivity index (χ4n) is 1.38. The van der Waals surface area contributed by atoms with Gasteiger partial charge in [-0.25, -0.2) is 8.78 Å². The molecule has 0 spiro atoms. The van der Waals surface area contributed by atoms with Gasteiger partial charge in [-0.1, -0.05) is 20.3 Å². The van der Waals surface area contributed by atoms with Crippen molar-refractivity contribution in [2.45, 2.75) is 33.1 Å². The summed E-state index contributed by atoms with van der Waals surface area (Å²) in [6.45, 7) is 3.87. The Morgan fingerprint density at radius 2 is 1.82 bits per heavy atom. The molecule has 17 heavy (non-hydrogen) atoms. The largest absolute Gasteiger partial charge is 0.488 e. The highest BCUT2D eigenvalue weighted by Crippen LogP contribution is 2.24. The lowest BCUT2D eigenvalue weighted by atomic mass is 10.1. The average molecular weight is 242 g/mol. The molecule has 0 aliphatic heterocycles. The molecule has 0 aliphatic carbocycles. The van der Waals surface area contributed by atoms with E-state index in [9.17, 15) is 13.6 Å². The van der Waals surface area contributed by atoms with Gasteiger partial charge in [0, 0.05) is 12.0 Å². The third-order valence-electron chi connectivity index (χ3n) is 2.39. The quantitative estimate of drug-likeness (QED) is 0.561. The Morgan fingerprint density at radius 1 is 1.24 bits per heavy atom. The first-order valence-electron chi connectivity index (χ1n) is 5.75. The minimum absolute atomic E-state index is 0.0466. The summed E-state index contributed by atoms with van der Waals surface area (Å²) in [6.07, 6.45) is 1.83. The molecule has 0 saturated heterocycles. The molecular formula is C13H16F2O2. The van der Waals surface area contributed by atoms with Crippen LogP contribution >= 0.6 is 0 Å². The Bertz CT molecular complexity index is 379. The van der Waals surface area contributed by atoms with Crippen molar-refractivity contribution in [1.29, 1.82) is 0 Å². The van der Waals surface area contributed by atoms with E-state index < -0.39 is 17.4 Å². The Kier molecular flexibility index (Phi) is 5.07. The molecule has 1 aromatic carbocycles. The molecule has 0 saturated carbocycles. The van der Waals surface area contributed by atoms with Crippen molar-refractivity contribution in [2.75, 3.05) is 6.61 Å². The molecule has 0 fully saturated rings. The van der Waals surface area contributed by atoms with Crippen LogP contribution in [-0.4, -0.2) is 12.4 Å². The molecule has 0 radical (unpaired) electrons. The van der Waals surface area contributed by atoms with Crippen molar-refractivity contribution in [3.63, 3.8) is 0 Å². The lowest BCUT2D eigenvalue weighted by Crippen LogP contribution is -2.04. The van der Waals surface area contributed by atoms with E-state index in [2.05, 4.69) is 0 Å². The molecule has 0 bridgehead atoms. The Labute approximate surface area is 99.6 Å². The van der Waals surface area contributed by atoms with Gasteiger partial charge in [0.1, 0.15) is 0 Å². The lowest BCUT2D eigenvalue weighted by Gasteiger charge is -2.09. The number of carbonyl (C=O) groups excluding carboxylic acids is 1. The second-order valence-corrected chi connectivity index (χ2v) is 3.75. The number of halogens is 2. The monoisotopic (exact) mass is 242 g/mol. The maximum absolute atomic E-state index is 13.5. The SMILES string of the molecule is CCCCOc1c(F)cc(C(=O)CC)cc1F. The minimum Gasteiger partial charge on any atom is -0.488 e. The predicted molar refractivity (Wildman–Crippen MR) is 61.4 cm³/mol. The first-order chi connectivity index (χ1) is 8.10. The molecule has 0 aliphatic rings. The van der Waals surface area contributed by atoms with Gasteiger partial charge in [0.05, 0.1) is 6.61 Å². The number of ketones is 1. The first-order valence-corrected chi connectivity index (χ1v) is 5.75. The number of carbonyl (C=O) groups is 1. The van der Waals surface area contributed by atoms with Gasteiger partial charge in [0.2, 0.25) is 0 Å². The van der Waals surface area contributed by atoms with Gasteiger partial charge in [-0.2, -0.15) is 0 Å². The van der Waals surface area contributed by atoms with E-state index >= 15 is 0 Å². The van der Waals surface area contributed by atoms with Crippen molar-refractivity contribution in [1.82, 2.24) is 0 Å². The van der Waals surface area contributed by atoms with Crippen LogP contribution in [0.15, 0.2) is 12.1 Å². The summed E-state index contributed by atoms with van der Waals surface area (Å²) < 4.78 is 32.1. The third kappa shape index (κ3) is 3.51. The van der Waals surface area contributed by atoms with E-state index in [4.69, 9.17) is 4.74 Å². The minimum atomic E-state index is -0.821. The van der Waals surface area contributed by atoms with Gasteiger partial charge in [0.25, 0.3) is 0 Å². The summed E-state index contributed by atoms with van der Waals surface area (Å²) in [6, 6.07) is 2.05. The highest BCUT2D eigenvalue weighted by Gasteiger charge is 2.15. The molecule has 1 rings (SSSR count). The highest BCUT2D eigenvalue weighted by atomic mass is 19.1. The van der Waals surface area contributed by atoms with Gasteiger partial charge in [-0.05, 0) is 18.6 Å². The van der Waals surface area contributed by atoms with E-state index in [1.54, 1.807) is 6.92 Å². The number of hydrogen-bond acceptors (Lipinski definition) is 2. The second kappa shape index (κ2) is 6.33. The van der Waals surface area contributed by atoms with Crippen molar-refractivity contribution < 1.29 is 18.3 Å². The van der Waals surface area contributed by atoms with Gasteiger partial charge in [-0.15, -0.1) is 0 Å². The van der Waals surface area contributed by atoms with Crippen LogP contribution in [-0.2, 0) is 0 Å². The fourth-order valence-corrected chi connectivity index (χ4v) is 1.38. The van der Waals surface area contributed by atoms with Gasteiger partial charge >= 0.3 is 0 Å².